The second-order valence-corrected chi connectivity index (χ2v) is 5.68. The van der Waals surface area contributed by atoms with E-state index in [0.29, 0.717) is 17.5 Å². The molecule has 1 fully saturated rings. The van der Waals surface area contributed by atoms with Crippen LogP contribution in [0, 0.1) is 0 Å². The third-order valence-electron chi connectivity index (χ3n) is 4.16. The number of imidazole rings is 1. The summed E-state index contributed by atoms with van der Waals surface area (Å²) in [6, 6.07) is 3.66. The number of alkyl halides is 3. The smallest absolute Gasteiger partial charge is 0.331 e. The van der Waals surface area contributed by atoms with E-state index in [1.807, 2.05) is 11.6 Å². The van der Waals surface area contributed by atoms with Crippen molar-refractivity contribution in [1.29, 1.82) is 0 Å². The minimum atomic E-state index is -4.34. The highest BCUT2D eigenvalue weighted by molar-refractivity contribution is 5.77. The van der Waals surface area contributed by atoms with Gasteiger partial charge < -0.3 is 10.3 Å². The van der Waals surface area contributed by atoms with Gasteiger partial charge >= 0.3 is 6.18 Å². The first-order valence-electron chi connectivity index (χ1n) is 6.60. The van der Waals surface area contributed by atoms with Crippen LogP contribution in [0.5, 0.6) is 0 Å². The summed E-state index contributed by atoms with van der Waals surface area (Å²) in [7, 11) is 1.82. The molecule has 1 aliphatic carbocycles. The molecule has 3 rings (SSSR count). The van der Waals surface area contributed by atoms with Gasteiger partial charge in [-0.2, -0.15) is 13.2 Å². The summed E-state index contributed by atoms with van der Waals surface area (Å²) < 4.78 is 39.9. The van der Waals surface area contributed by atoms with Crippen LogP contribution in [0.15, 0.2) is 18.2 Å². The highest BCUT2D eigenvalue weighted by Gasteiger charge is 2.34. The van der Waals surface area contributed by atoms with Gasteiger partial charge in [-0.15, -0.1) is 0 Å². The normalized spacial score (nSPS) is 18.2. The lowest BCUT2D eigenvalue weighted by atomic mass is 9.75. The third kappa shape index (κ3) is 2.18. The Bertz CT molecular complexity index is 653. The van der Waals surface area contributed by atoms with Crippen molar-refractivity contribution >= 4 is 11.0 Å². The molecule has 0 aliphatic heterocycles. The lowest BCUT2D eigenvalue weighted by Gasteiger charge is -2.37. The fourth-order valence-corrected chi connectivity index (χ4v) is 2.71. The van der Waals surface area contributed by atoms with Gasteiger partial charge in [0, 0.05) is 19.0 Å². The van der Waals surface area contributed by atoms with Crippen molar-refractivity contribution in [2.45, 2.75) is 37.4 Å². The number of nitrogens with two attached hydrogens (primary N) is 1. The molecule has 0 saturated heterocycles. The molecule has 0 amide bonds. The van der Waals surface area contributed by atoms with E-state index >= 15 is 0 Å². The van der Waals surface area contributed by atoms with Crippen molar-refractivity contribution in [3.05, 3.63) is 29.6 Å². The van der Waals surface area contributed by atoms with E-state index in [1.54, 1.807) is 0 Å². The van der Waals surface area contributed by atoms with Gasteiger partial charge in [-0.25, -0.2) is 4.98 Å². The lowest BCUT2D eigenvalue weighted by molar-refractivity contribution is -0.137. The first-order chi connectivity index (χ1) is 9.28. The molecule has 108 valence electrons. The molecule has 1 heterocycles. The Morgan fingerprint density at radius 3 is 2.60 bits per heavy atom. The molecule has 1 aromatic carbocycles. The Morgan fingerprint density at radius 1 is 1.35 bits per heavy atom. The van der Waals surface area contributed by atoms with E-state index in [0.717, 1.165) is 37.2 Å². The molecule has 1 aromatic heterocycles. The number of halogens is 3. The van der Waals surface area contributed by atoms with Crippen molar-refractivity contribution in [1.82, 2.24) is 9.55 Å². The summed E-state index contributed by atoms with van der Waals surface area (Å²) in [6.45, 7) is 0. The van der Waals surface area contributed by atoms with Gasteiger partial charge in [-0.05, 0) is 37.5 Å². The Labute approximate surface area is 114 Å². The van der Waals surface area contributed by atoms with Gasteiger partial charge in [0.15, 0.2) is 0 Å². The minimum absolute atomic E-state index is 0.234. The quantitative estimate of drug-likeness (QED) is 0.920. The van der Waals surface area contributed by atoms with E-state index < -0.39 is 11.7 Å². The van der Waals surface area contributed by atoms with Gasteiger partial charge in [0.1, 0.15) is 5.82 Å². The van der Waals surface area contributed by atoms with Gasteiger partial charge in [-0.3, -0.25) is 0 Å². The van der Waals surface area contributed by atoms with Crippen LogP contribution in [-0.2, 0) is 19.6 Å². The van der Waals surface area contributed by atoms with E-state index in [2.05, 4.69) is 4.98 Å². The maximum Gasteiger partial charge on any atom is 0.416 e. The number of nitrogens with zero attached hydrogens (tertiary/aromatic N) is 2. The van der Waals surface area contributed by atoms with Crippen LogP contribution < -0.4 is 5.73 Å². The van der Waals surface area contributed by atoms with E-state index in [4.69, 9.17) is 5.73 Å². The average molecular weight is 283 g/mol. The number of rotatable bonds is 2. The monoisotopic (exact) mass is 283 g/mol. The summed E-state index contributed by atoms with van der Waals surface area (Å²) in [4.78, 5) is 4.34. The number of aryl methyl sites for hydroxylation is 1. The first-order valence-corrected chi connectivity index (χ1v) is 6.60. The highest BCUT2D eigenvalue weighted by atomic mass is 19.4. The zero-order chi connectivity index (χ0) is 14.5. The summed E-state index contributed by atoms with van der Waals surface area (Å²) in [5, 5.41) is 0. The average Bonchev–Trinajstić information content (AvgIpc) is 2.63. The first kappa shape index (κ1) is 13.4. The molecule has 0 bridgehead atoms. The summed E-state index contributed by atoms with van der Waals surface area (Å²) >= 11 is 0. The minimum Gasteiger partial charge on any atom is -0.331 e. The van der Waals surface area contributed by atoms with Crippen LogP contribution >= 0.6 is 0 Å². The molecule has 2 N–H and O–H groups in total. The van der Waals surface area contributed by atoms with Crippen molar-refractivity contribution in [2.75, 3.05) is 0 Å². The summed E-state index contributed by atoms with van der Waals surface area (Å²) in [5.74, 6) is 0.751. The predicted molar refractivity (Wildman–Crippen MR) is 70.2 cm³/mol. The van der Waals surface area contributed by atoms with Gasteiger partial charge in [0.25, 0.3) is 0 Å². The predicted octanol–water partition coefficient (Wildman–Crippen LogP) is 3.02. The number of aromatic nitrogens is 2. The Balaban J connectivity index is 2.01. The molecule has 3 nitrogen and oxygen atoms in total. The van der Waals surface area contributed by atoms with Crippen molar-refractivity contribution in [3.63, 3.8) is 0 Å². The van der Waals surface area contributed by atoms with Gasteiger partial charge in [0.05, 0.1) is 16.6 Å². The van der Waals surface area contributed by atoms with Gasteiger partial charge in [-0.1, -0.05) is 0 Å². The van der Waals surface area contributed by atoms with Crippen molar-refractivity contribution < 1.29 is 13.2 Å². The van der Waals surface area contributed by atoms with E-state index in [1.165, 1.54) is 6.07 Å². The molecule has 2 aromatic rings. The van der Waals surface area contributed by atoms with Crippen molar-refractivity contribution in [2.24, 2.45) is 12.8 Å². The molecule has 20 heavy (non-hydrogen) atoms. The molecule has 0 unspecified atom stereocenters. The Hall–Kier alpha value is -1.56. The zero-order valence-corrected chi connectivity index (χ0v) is 11.2. The van der Waals surface area contributed by atoms with Crippen LogP contribution in [-0.4, -0.2) is 15.1 Å². The van der Waals surface area contributed by atoms with Crippen LogP contribution in [0.3, 0.4) is 0 Å². The highest BCUT2D eigenvalue weighted by Crippen LogP contribution is 2.34. The molecule has 6 heteroatoms. The topological polar surface area (TPSA) is 43.8 Å². The molecule has 0 spiro atoms. The summed E-state index contributed by atoms with van der Waals surface area (Å²) in [5.41, 5.74) is 6.37. The number of benzene rings is 1. The van der Waals surface area contributed by atoms with Crippen molar-refractivity contribution in [3.8, 4) is 0 Å². The fourth-order valence-electron chi connectivity index (χ4n) is 2.71. The van der Waals surface area contributed by atoms with Crippen LogP contribution in [0.2, 0.25) is 0 Å². The Kier molecular flexibility index (Phi) is 2.83. The maximum absolute atomic E-state index is 12.7. The molecular weight excluding hydrogens is 267 g/mol. The third-order valence-corrected chi connectivity index (χ3v) is 4.16. The molecular formula is C14H16F3N3. The molecule has 1 aliphatic rings. The van der Waals surface area contributed by atoms with Gasteiger partial charge in [0.2, 0.25) is 0 Å². The second-order valence-electron chi connectivity index (χ2n) is 5.68. The zero-order valence-electron chi connectivity index (χ0n) is 11.2. The maximum atomic E-state index is 12.7. The van der Waals surface area contributed by atoms with Crippen LogP contribution in [0.1, 0.15) is 30.7 Å². The fraction of sp³-hybridized carbons (Fsp3) is 0.500. The lowest BCUT2D eigenvalue weighted by Crippen LogP contribution is -2.48. The second kappa shape index (κ2) is 4.22. The number of fused-ring (bicyclic) bond motifs is 1. The number of hydrogen-bond donors (Lipinski definition) is 1. The molecule has 1 saturated carbocycles. The largest absolute Gasteiger partial charge is 0.416 e. The van der Waals surface area contributed by atoms with Crippen LogP contribution in [0.25, 0.3) is 11.0 Å². The number of hydrogen-bond acceptors (Lipinski definition) is 2. The van der Waals surface area contributed by atoms with E-state index in [9.17, 15) is 13.2 Å². The SMILES string of the molecule is Cn1c(CC2(N)CCC2)nc2cc(C(F)(F)F)ccc21. The van der Waals surface area contributed by atoms with E-state index in [-0.39, 0.29) is 5.54 Å². The Morgan fingerprint density at radius 2 is 2.05 bits per heavy atom. The van der Waals surface area contributed by atoms with Crippen LogP contribution in [0.4, 0.5) is 13.2 Å². The molecule has 0 radical (unpaired) electrons. The standard InChI is InChI=1S/C14H16F3N3/c1-20-11-4-3-9(14(15,16)17)7-10(11)19-12(20)8-13(18)5-2-6-13/h3-4,7H,2,5-6,8,18H2,1H3. The molecule has 0 atom stereocenters. The summed E-state index contributed by atoms with van der Waals surface area (Å²) in [6.07, 6.45) is -0.721.